The summed E-state index contributed by atoms with van der Waals surface area (Å²) in [5.74, 6) is 0.995. The molecule has 0 fully saturated rings. The molecule has 0 radical (unpaired) electrons. The first kappa shape index (κ1) is 82.3. The highest BCUT2D eigenvalue weighted by Gasteiger charge is 2.23. The van der Waals surface area contributed by atoms with Crippen LogP contribution in [0.25, 0.3) is 44.5 Å². The number of benzene rings is 14. The fourth-order valence-electron chi connectivity index (χ4n) is 16.1. The lowest BCUT2D eigenvalue weighted by molar-refractivity contribution is 0.795. The second-order valence-electron chi connectivity index (χ2n) is 32.1. The molecule has 0 aliphatic heterocycles. The predicted molar refractivity (Wildman–Crippen MR) is 504 cm³/mol. The van der Waals surface area contributed by atoms with Crippen molar-refractivity contribution in [3.8, 4) is 44.5 Å². The monoisotopic (exact) mass is 1520 g/mol. The molecule has 0 aliphatic carbocycles. The van der Waals surface area contributed by atoms with Gasteiger partial charge in [-0.2, -0.15) is 0 Å². The molecule has 0 heterocycles. The molecule has 0 spiro atoms. The number of rotatable bonds is 32. The molecule has 4 nitrogen and oxygen atoms in total. The summed E-state index contributed by atoms with van der Waals surface area (Å²) in [6.07, 6.45) is 16.2. The summed E-state index contributed by atoms with van der Waals surface area (Å²) in [6, 6.07) is 122. The van der Waals surface area contributed by atoms with Gasteiger partial charge in [0, 0.05) is 56.9 Å². The van der Waals surface area contributed by atoms with Crippen LogP contribution in [0.15, 0.2) is 328 Å². The van der Waals surface area contributed by atoms with Gasteiger partial charge in [0.25, 0.3) is 0 Å². The van der Waals surface area contributed by atoms with Gasteiger partial charge in [-0.25, -0.2) is 0 Å². The van der Waals surface area contributed by atoms with Crippen LogP contribution in [0.2, 0.25) is 0 Å². The summed E-state index contributed by atoms with van der Waals surface area (Å²) < 4.78 is 0. The van der Waals surface area contributed by atoms with Crippen molar-refractivity contribution in [2.75, 3.05) is 19.6 Å². The fourth-order valence-corrected chi connectivity index (χ4v) is 16.1. The minimum atomic E-state index is 0.497. The minimum absolute atomic E-state index is 0.497. The predicted octanol–water partition coefficient (Wildman–Crippen LogP) is 33.3. The van der Waals surface area contributed by atoms with Gasteiger partial charge in [0.05, 0.1) is 11.4 Å². The second-order valence-corrected chi connectivity index (χ2v) is 32.1. The molecule has 4 heteroatoms. The van der Waals surface area contributed by atoms with Crippen LogP contribution in [-0.2, 0) is 38.5 Å². The molecular weight excluding hydrogens is 1400 g/mol. The first-order valence-electron chi connectivity index (χ1n) is 43.3. The summed E-state index contributed by atoms with van der Waals surface area (Å²) in [7, 11) is 0. The Hall–Kier alpha value is -11.7. The lowest BCUT2D eigenvalue weighted by Crippen LogP contribution is -2.13. The number of unbranched alkanes of at least 4 members (excludes halogenated alkanes) is 4. The number of hydrogen-bond donors (Lipinski definition) is 0. The zero-order chi connectivity index (χ0) is 80.9. The van der Waals surface area contributed by atoms with Crippen molar-refractivity contribution in [2.24, 2.45) is 0 Å². The summed E-state index contributed by atoms with van der Waals surface area (Å²) in [5.41, 5.74) is 37.5. The molecule has 0 unspecified atom stereocenters. The Balaban J connectivity index is 0.000000202. The van der Waals surface area contributed by atoms with Gasteiger partial charge in [0.1, 0.15) is 0 Å². The maximum Gasteiger partial charge on any atom is 0.0522 e. The topological polar surface area (TPSA) is 13.0 Å². The van der Waals surface area contributed by atoms with Gasteiger partial charge in [-0.1, -0.05) is 301 Å². The van der Waals surface area contributed by atoms with Gasteiger partial charge in [-0.15, -0.1) is 0 Å². The maximum absolute atomic E-state index is 2.44. The Morgan fingerprint density at radius 1 is 0.207 bits per heavy atom. The molecule has 116 heavy (non-hydrogen) atoms. The number of anilines is 12. The molecule has 14 aromatic rings. The SMILES string of the molecule is CCCCc1ccc(N(c2ccc(-c3ccc(-c4ccc(N(c5ccc(CCCC)cc5)c5c(C)cccc5CC)cc4)cc3)cc2)c2c(C)cccc2CC)cc1.CCCCc1ccc(N(c2ccc(-c3ccc(-c4ccc(N(c5ccc(CCCC)cc5)c5ccc(C(C)C)cc5)cc4)cc3)cc2)c2ccc(C(C)C)cc2)cc1. The van der Waals surface area contributed by atoms with Gasteiger partial charge >= 0.3 is 0 Å². The van der Waals surface area contributed by atoms with E-state index < -0.39 is 0 Å². The molecule has 0 N–H and O–H groups in total. The van der Waals surface area contributed by atoms with Crippen molar-refractivity contribution >= 4 is 68.2 Å². The van der Waals surface area contributed by atoms with Gasteiger partial charge in [0.15, 0.2) is 0 Å². The number of para-hydroxylation sites is 2. The van der Waals surface area contributed by atoms with Crippen LogP contribution in [0.1, 0.15) is 188 Å². The molecule has 0 bridgehead atoms. The lowest BCUT2D eigenvalue weighted by atomic mass is 9.98. The Bertz CT molecular complexity index is 5010. The lowest BCUT2D eigenvalue weighted by Gasteiger charge is -2.29. The maximum atomic E-state index is 2.44. The van der Waals surface area contributed by atoms with E-state index in [4.69, 9.17) is 0 Å². The van der Waals surface area contributed by atoms with E-state index in [-0.39, 0.29) is 0 Å². The molecule has 0 amide bonds. The van der Waals surface area contributed by atoms with E-state index in [1.165, 1.54) is 208 Å². The third-order valence-electron chi connectivity index (χ3n) is 23.1. The van der Waals surface area contributed by atoms with Gasteiger partial charge in [-0.05, 0) is 311 Å². The van der Waals surface area contributed by atoms with Crippen LogP contribution in [0.5, 0.6) is 0 Å². The van der Waals surface area contributed by atoms with Gasteiger partial charge in [0.2, 0.25) is 0 Å². The number of hydrogen-bond acceptors (Lipinski definition) is 4. The van der Waals surface area contributed by atoms with Crippen molar-refractivity contribution in [1.82, 2.24) is 0 Å². The third kappa shape index (κ3) is 20.1. The Kier molecular flexibility index (Phi) is 28.4. The number of nitrogens with zero attached hydrogens (tertiary/aromatic N) is 4. The molecular formula is C112H120N4. The second kappa shape index (κ2) is 40.0. The Labute approximate surface area is 695 Å². The van der Waals surface area contributed by atoms with Gasteiger partial charge in [-0.3, -0.25) is 0 Å². The average Bonchev–Trinajstić information content (AvgIpc) is 0.790. The summed E-state index contributed by atoms with van der Waals surface area (Å²) in [5, 5.41) is 0. The quantitative estimate of drug-likeness (QED) is 0.0417. The van der Waals surface area contributed by atoms with Crippen LogP contribution in [0.4, 0.5) is 68.2 Å². The summed E-state index contributed by atoms with van der Waals surface area (Å²) in [4.78, 5) is 9.63. The van der Waals surface area contributed by atoms with Crippen LogP contribution in [0, 0.1) is 13.8 Å². The molecule has 0 aromatic heterocycles. The minimum Gasteiger partial charge on any atom is -0.311 e. The van der Waals surface area contributed by atoms with E-state index in [2.05, 4.69) is 430 Å². The van der Waals surface area contributed by atoms with Crippen molar-refractivity contribution in [3.63, 3.8) is 0 Å². The zero-order valence-electron chi connectivity index (χ0n) is 71.0. The first-order valence-corrected chi connectivity index (χ1v) is 43.3. The Morgan fingerprint density at radius 3 is 0.578 bits per heavy atom. The third-order valence-corrected chi connectivity index (χ3v) is 23.1. The molecule has 0 saturated carbocycles. The fraction of sp³-hybridized carbons (Fsp3) is 0.250. The van der Waals surface area contributed by atoms with Crippen LogP contribution < -0.4 is 19.6 Å². The molecule has 588 valence electrons. The molecule has 0 saturated heterocycles. The summed E-state index contributed by atoms with van der Waals surface area (Å²) in [6.45, 7) is 27.0. The largest absolute Gasteiger partial charge is 0.311 e. The highest BCUT2D eigenvalue weighted by Crippen LogP contribution is 2.45. The smallest absolute Gasteiger partial charge is 0.0522 e. The Morgan fingerprint density at radius 2 is 0.388 bits per heavy atom. The highest BCUT2D eigenvalue weighted by molar-refractivity contribution is 5.86. The molecule has 0 atom stereocenters. The highest BCUT2D eigenvalue weighted by atomic mass is 15.2. The summed E-state index contributed by atoms with van der Waals surface area (Å²) >= 11 is 0. The van der Waals surface area contributed by atoms with Crippen molar-refractivity contribution in [2.45, 2.75) is 185 Å². The number of aryl methyl sites for hydroxylation is 8. The first-order chi connectivity index (χ1) is 56.7. The van der Waals surface area contributed by atoms with Crippen LogP contribution in [0.3, 0.4) is 0 Å². The van der Waals surface area contributed by atoms with E-state index in [1.807, 2.05) is 0 Å². The van der Waals surface area contributed by atoms with E-state index >= 15 is 0 Å². The van der Waals surface area contributed by atoms with E-state index in [0.717, 1.165) is 49.9 Å². The molecule has 0 aliphatic rings. The molecule has 14 aromatic carbocycles. The van der Waals surface area contributed by atoms with E-state index in [1.54, 1.807) is 0 Å². The van der Waals surface area contributed by atoms with Crippen LogP contribution >= 0.6 is 0 Å². The van der Waals surface area contributed by atoms with Crippen LogP contribution in [-0.4, -0.2) is 0 Å². The van der Waals surface area contributed by atoms with E-state index in [0.29, 0.717) is 11.8 Å². The van der Waals surface area contributed by atoms with Crippen molar-refractivity contribution in [3.05, 3.63) is 383 Å². The zero-order valence-corrected chi connectivity index (χ0v) is 71.0. The van der Waals surface area contributed by atoms with E-state index in [9.17, 15) is 0 Å². The van der Waals surface area contributed by atoms with Crippen molar-refractivity contribution < 1.29 is 0 Å². The van der Waals surface area contributed by atoms with Crippen molar-refractivity contribution in [1.29, 1.82) is 0 Å². The normalized spacial score (nSPS) is 11.2. The molecule has 14 rings (SSSR count). The standard InChI is InChI=1S/2C56H60N2/c1-7-9-11-43-13-29-51(30-14-43)57(53-33-21-45(22-34-53)41(3)4)55-37-25-49(26-38-55)47-17-19-48(20-18-47)50-27-39-56(40-28-50)58(54-35-23-46(24-36-54)42(5)6)52-31-15-44(16-32-52)12-10-8-2;1-7-11-17-43-21-33-51(34-22-43)57(55-41(5)15-13-19-45(55)9-3)53-37-29-49(30-38-53)47-25-27-48(28-26-47)50-31-39-54(40-32-50)58(56-42(6)16-14-20-46(56)10-4)52-35-23-44(24-36-52)18-12-8-2/h13-42H,7-12H2,1-6H3;13-16,19-40H,7-12,17-18H2,1-6H3. The average molecular weight is 1520 g/mol. The van der Waals surface area contributed by atoms with Gasteiger partial charge < -0.3 is 19.6 Å².